The molecular weight excluding hydrogens is 248 g/mol. The maximum atomic E-state index is 10.6. The van der Waals surface area contributed by atoms with Gasteiger partial charge in [-0.15, -0.1) is 0 Å². The number of aromatic nitrogens is 2. The number of aliphatic carboxylic acids is 1. The van der Waals surface area contributed by atoms with Gasteiger partial charge in [0.05, 0.1) is 12.1 Å². The number of carboxylic acid groups (broad SMARTS) is 1. The SMILES string of the molecule is Cc1cccn2cc(CSC(C)CC(=O)O)nc12. The summed E-state index contributed by atoms with van der Waals surface area (Å²) in [5, 5.41) is 8.80. The molecule has 5 heteroatoms. The van der Waals surface area contributed by atoms with E-state index < -0.39 is 5.97 Å². The average molecular weight is 264 g/mol. The zero-order chi connectivity index (χ0) is 13.1. The first kappa shape index (κ1) is 13.0. The summed E-state index contributed by atoms with van der Waals surface area (Å²) in [5.74, 6) is -0.00361. The van der Waals surface area contributed by atoms with Crippen LogP contribution < -0.4 is 0 Å². The molecule has 2 heterocycles. The monoisotopic (exact) mass is 264 g/mol. The Bertz CT molecular complexity index is 565. The predicted molar refractivity (Wildman–Crippen MR) is 72.9 cm³/mol. The highest BCUT2D eigenvalue weighted by atomic mass is 32.2. The van der Waals surface area contributed by atoms with Crippen molar-refractivity contribution in [1.82, 2.24) is 9.38 Å². The van der Waals surface area contributed by atoms with Crippen LogP contribution in [-0.4, -0.2) is 25.7 Å². The lowest BCUT2D eigenvalue weighted by atomic mass is 10.3. The standard InChI is InChI=1S/C13H16N2O2S/c1-9-4-3-5-15-7-11(14-13(9)15)8-18-10(2)6-12(16)17/h3-5,7,10H,6,8H2,1-2H3,(H,16,17). The van der Waals surface area contributed by atoms with Gasteiger partial charge in [-0.25, -0.2) is 4.98 Å². The fraction of sp³-hybridized carbons (Fsp3) is 0.385. The molecule has 96 valence electrons. The second kappa shape index (κ2) is 5.44. The van der Waals surface area contributed by atoms with E-state index in [1.54, 1.807) is 11.8 Å². The van der Waals surface area contributed by atoms with Crippen molar-refractivity contribution in [3.63, 3.8) is 0 Å². The van der Waals surface area contributed by atoms with Crippen molar-refractivity contribution in [3.05, 3.63) is 35.8 Å². The highest BCUT2D eigenvalue weighted by Gasteiger charge is 2.10. The van der Waals surface area contributed by atoms with E-state index >= 15 is 0 Å². The van der Waals surface area contributed by atoms with E-state index in [9.17, 15) is 4.79 Å². The van der Waals surface area contributed by atoms with Crippen LogP contribution in [0.5, 0.6) is 0 Å². The van der Waals surface area contributed by atoms with Gasteiger partial charge < -0.3 is 9.51 Å². The number of thioether (sulfide) groups is 1. The summed E-state index contributed by atoms with van der Waals surface area (Å²) in [5.41, 5.74) is 3.11. The Morgan fingerprint density at radius 1 is 1.61 bits per heavy atom. The van der Waals surface area contributed by atoms with Crippen LogP contribution in [0.25, 0.3) is 5.65 Å². The molecule has 0 aliphatic heterocycles. The van der Waals surface area contributed by atoms with E-state index in [1.807, 2.05) is 42.8 Å². The minimum atomic E-state index is -0.749. The molecule has 2 aromatic rings. The van der Waals surface area contributed by atoms with Gasteiger partial charge in [-0.2, -0.15) is 11.8 Å². The zero-order valence-electron chi connectivity index (χ0n) is 10.5. The molecule has 4 nitrogen and oxygen atoms in total. The van der Waals surface area contributed by atoms with Gasteiger partial charge in [-0.3, -0.25) is 4.79 Å². The third-order valence-corrected chi connectivity index (χ3v) is 3.90. The van der Waals surface area contributed by atoms with Crippen molar-refractivity contribution >= 4 is 23.4 Å². The van der Waals surface area contributed by atoms with Crippen molar-refractivity contribution in [2.24, 2.45) is 0 Å². The fourth-order valence-electron chi connectivity index (χ4n) is 1.81. The van der Waals surface area contributed by atoms with Crippen molar-refractivity contribution < 1.29 is 9.90 Å². The summed E-state index contributed by atoms with van der Waals surface area (Å²) in [6, 6.07) is 4.03. The van der Waals surface area contributed by atoms with Crippen LogP contribution in [0.15, 0.2) is 24.5 Å². The molecule has 0 bridgehead atoms. The van der Waals surface area contributed by atoms with E-state index in [2.05, 4.69) is 4.98 Å². The Hall–Kier alpha value is -1.49. The molecule has 0 fully saturated rings. The Morgan fingerprint density at radius 3 is 3.06 bits per heavy atom. The summed E-state index contributed by atoms with van der Waals surface area (Å²) >= 11 is 1.62. The number of aryl methyl sites for hydroxylation is 1. The van der Waals surface area contributed by atoms with Gasteiger partial charge in [-0.05, 0) is 18.6 Å². The maximum absolute atomic E-state index is 10.6. The second-order valence-electron chi connectivity index (χ2n) is 4.37. The highest BCUT2D eigenvalue weighted by Crippen LogP contribution is 2.20. The Labute approximate surface area is 110 Å². The molecule has 18 heavy (non-hydrogen) atoms. The molecule has 1 unspecified atom stereocenters. The molecule has 0 amide bonds. The number of hydrogen-bond acceptors (Lipinski definition) is 3. The molecule has 0 aliphatic carbocycles. The molecule has 0 spiro atoms. The van der Waals surface area contributed by atoms with Gasteiger partial charge in [0.25, 0.3) is 0 Å². The number of carbonyl (C=O) groups is 1. The van der Waals surface area contributed by atoms with E-state index in [-0.39, 0.29) is 11.7 Å². The van der Waals surface area contributed by atoms with Gasteiger partial charge in [-0.1, -0.05) is 13.0 Å². The lowest BCUT2D eigenvalue weighted by Gasteiger charge is -2.05. The van der Waals surface area contributed by atoms with Crippen LogP contribution in [0.4, 0.5) is 0 Å². The van der Waals surface area contributed by atoms with Crippen molar-refractivity contribution in [3.8, 4) is 0 Å². The number of nitrogens with zero attached hydrogens (tertiary/aromatic N) is 2. The maximum Gasteiger partial charge on any atom is 0.304 e. The summed E-state index contributed by atoms with van der Waals surface area (Å²) in [7, 11) is 0. The van der Waals surface area contributed by atoms with Gasteiger partial charge in [0.15, 0.2) is 0 Å². The van der Waals surface area contributed by atoms with Crippen LogP contribution in [0.3, 0.4) is 0 Å². The largest absolute Gasteiger partial charge is 0.481 e. The first-order valence-corrected chi connectivity index (χ1v) is 6.87. The van der Waals surface area contributed by atoms with E-state index in [0.29, 0.717) is 0 Å². The van der Waals surface area contributed by atoms with E-state index in [1.165, 1.54) is 0 Å². The minimum absolute atomic E-state index is 0.105. The lowest BCUT2D eigenvalue weighted by molar-refractivity contribution is -0.136. The average Bonchev–Trinajstić information content (AvgIpc) is 2.70. The fourth-order valence-corrected chi connectivity index (χ4v) is 2.66. The van der Waals surface area contributed by atoms with Crippen LogP contribution in [-0.2, 0) is 10.5 Å². The van der Waals surface area contributed by atoms with Crippen LogP contribution in [0, 0.1) is 6.92 Å². The predicted octanol–water partition coefficient (Wildman–Crippen LogP) is 2.74. The van der Waals surface area contributed by atoms with E-state index in [0.717, 1.165) is 22.7 Å². The number of rotatable bonds is 5. The van der Waals surface area contributed by atoms with Crippen molar-refractivity contribution in [1.29, 1.82) is 0 Å². The Kier molecular flexibility index (Phi) is 3.91. The Balaban J connectivity index is 2.04. The van der Waals surface area contributed by atoms with Gasteiger partial charge in [0, 0.05) is 23.4 Å². The molecule has 1 N–H and O–H groups in total. The third-order valence-electron chi connectivity index (χ3n) is 2.71. The molecular formula is C13H16N2O2S. The smallest absolute Gasteiger partial charge is 0.304 e. The molecule has 0 saturated heterocycles. The summed E-state index contributed by atoms with van der Waals surface area (Å²) in [6.07, 6.45) is 4.17. The number of hydrogen-bond donors (Lipinski definition) is 1. The summed E-state index contributed by atoms with van der Waals surface area (Å²) in [6.45, 7) is 3.96. The van der Waals surface area contributed by atoms with Crippen LogP contribution >= 0.6 is 11.8 Å². The van der Waals surface area contributed by atoms with E-state index in [4.69, 9.17) is 5.11 Å². The number of pyridine rings is 1. The van der Waals surface area contributed by atoms with Crippen LogP contribution in [0.2, 0.25) is 0 Å². The second-order valence-corrected chi connectivity index (χ2v) is 5.80. The normalized spacial score (nSPS) is 12.8. The zero-order valence-corrected chi connectivity index (χ0v) is 11.3. The number of fused-ring (bicyclic) bond motifs is 1. The molecule has 2 aromatic heterocycles. The first-order chi connectivity index (χ1) is 8.56. The number of carboxylic acids is 1. The molecule has 2 rings (SSSR count). The quantitative estimate of drug-likeness (QED) is 0.902. The van der Waals surface area contributed by atoms with Gasteiger partial charge in [0.2, 0.25) is 0 Å². The first-order valence-electron chi connectivity index (χ1n) is 5.83. The topological polar surface area (TPSA) is 54.6 Å². The highest BCUT2D eigenvalue weighted by molar-refractivity contribution is 7.99. The molecule has 0 saturated carbocycles. The van der Waals surface area contributed by atoms with Crippen molar-refractivity contribution in [2.45, 2.75) is 31.3 Å². The molecule has 0 aliphatic rings. The molecule has 0 aromatic carbocycles. The van der Waals surface area contributed by atoms with Gasteiger partial charge in [0.1, 0.15) is 5.65 Å². The minimum Gasteiger partial charge on any atom is -0.481 e. The third kappa shape index (κ3) is 3.04. The lowest BCUT2D eigenvalue weighted by Crippen LogP contribution is -2.05. The molecule has 0 radical (unpaired) electrons. The summed E-state index contributed by atoms with van der Waals surface area (Å²) < 4.78 is 2.01. The molecule has 1 atom stereocenters. The summed E-state index contributed by atoms with van der Waals surface area (Å²) in [4.78, 5) is 15.1. The Morgan fingerprint density at radius 2 is 2.39 bits per heavy atom. The van der Waals surface area contributed by atoms with Gasteiger partial charge >= 0.3 is 5.97 Å². The van der Waals surface area contributed by atoms with Crippen LogP contribution in [0.1, 0.15) is 24.6 Å². The van der Waals surface area contributed by atoms with Crippen molar-refractivity contribution in [2.75, 3.05) is 0 Å². The number of imidazole rings is 1.